The van der Waals surface area contributed by atoms with Gasteiger partial charge in [0.05, 0.1) is 0 Å². The van der Waals surface area contributed by atoms with E-state index in [1.165, 1.54) is 0 Å². The fourth-order valence-corrected chi connectivity index (χ4v) is 2.46. The summed E-state index contributed by atoms with van der Waals surface area (Å²) in [5.74, 6) is 0.0940. The number of amides is 1. The average molecular weight is 242 g/mol. The maximum Gasteiger partial charge on any atom is 0.221 e. The predicted octanol–water partition coefficient (Wildman–Crippen LogP) is 1.32. The van der Waals surface area contributed by atoms with Crippen LogP contribution in [0.15, 0.2) is 0 Å². The van der Waals surface area contributed by atoms with E-state index in [-0.39, 0.29) is 18.1 Å². The number of carbonyl (C=O) groups excluding carboxylic acids is 1. The van der Waals surface area contributed by atoms with E-state index in [2.05, 4.69) is 5.32 Å². The minimum absolute atomic E-state index is 0.0940. The summed E-state index contributed by atoms with van der Waals surface area (Å²) in [6, 6.07) is 0. The van der Waals surface area contributed by atoms with Crippen LogP contribution in [0.25, 0.3) is 0 Å². The Balaban J connectivity index is 2.01. The third-order valence-corrected chi connectivity index (χ3v) is 3.52. The van der Waals surface area contributed by atoms with E-state index in [0.29, 0.717) is 6.42 Å². The second-order valence-electron chi connectivity index (χ2n) is 5.23. The Bertz CT molecular complexity index is 225. The zero-order chi connectivity index (χ0) is 12.6. The minimum Gasteiger partial charge on any atom is -0.396 e. The van der Waals surface area contributed by atoms with Gasteiger partial charge in [-0.05, 0) is 25.7 Å². The van der Waals surface area contributed by atoms with Gasteiger partial charge < -0.3 is 16.2 Å². The maximum atomic E-state index is 11.7. The molecule has 0 aromatic heterocycles. The van der Waals surface area contributed by atoms with E-state index < -0.39 is 0 Å². The lowest BCUT2D eigenvalue weighted by Gasteiger charge is -2.22. The highest BCUT2D eigenvalue weighted by molar-refractivity contribution is 5.77. The first-order valence-corrected chi connectivity index (χ1v) is 6.83. The molecule has 1 aliphatic carbocycles. The van der Waals surface area contributed by atoms with Crippen LogP contribution in [0.5, 0.6) is 0 Å². The maximum absolute atomic E-state index is 11.7. The van der Waals surface area contributed by atoms with Crippen molar-refractivity contribution in [3.63, 3.8) is 0 Å². The van der Waals surface area contributed by atoms with E-state index in [9.17, 15) is 4.79 Å². The van der Waals surface area contributed by atoms with Crippen LogP contribution in [0.2, 0.25) is 0 Å². The molecule has 0 spiro atoms. The highest BCUT2D eigenvalue weighted by Gasteiger charge is 2.31. The van der Waals surface area contributed by atoms with Gasteiger partial charge in [0.1, 0.15) is 0 Å². The van der Waals surface area contributed by atoms with Crippen LogP contribution in [0.4, 0.5) is 0 Å². The Labute approximate surface area is 104 Å². The summed E-state index contributed by atoms with van der Waals surface area (Å²) >= 11 is 0. The van der Waals surface area contributed by atoms with Crippen LogP contribution in [-0.2, 0) is 4.79 Å². The zero-order valence-corrected chi connectivity index (χ0v) is 10.7. The second-order valence-corrected chi connectivity index (χ2v) is 5.23. The average Bonchev–Trinajstić information content (AvgIpc) is 2.70. The molecule has 1 rings (SSSR count). The van der Waals surface area contributed by atoms with Gasteiger partial charge in [-0.3, -0.25) is 4.79 Å². The Kier molecular flexibility index (Phi) is 6.52. The van der Waals surface area contributed by atoms with E-state index >= 15 is 0 Å². The van der Waals surface area contributed by atoms with Crippen molar-refractivity contribution in [3.05, 3.63) is 0 Å². The highest BCUT2D eigenvalue weighted by Crippen LogP contribution is 2.29. The van der Waals surface area contributed by atoms with Crippen molar-refractivity contribution in [1.29, 1.82) is 0 Å². The minimum atomic E-state index is -0.235. The van der Waals surface area contributed by atoms with Gasteiger partial charge in [0.2, 0.25) is 5.91 Å². The summed E-state index contributed by atoms with van der Waals surface area (Å²) in [7, 11) is 0. The Morgan fingerprint density at radius 2 is 1.82 bits per heavy atom. The van der Waals surface area contributed by atoms with E-state index in [4.69, 9.17) is 10.8 Å². The van der Waals surface area contributed by atoms with Gasteiger partial charge in [-0.1, -0.05) is 25.7 Å². The van der Waals surface area contributed by atoms with Crippen LogP contribution in [0.3, 0.4) is 0 Å². The van der Waals surface area contributed by atoms with Gasteiger partial charge in [0.15, 0.2) is 0 Å². The molecule has 0 bridgehead atoms. The van der Waals surface area contributed by atoms with Gasteiger partial charge in [0.25, 0.3) is 0 Å². The lowest BCUT2D eigenvalue weighted by atomic mass is 9.94. The van der Waals surface area contributed by atoms with Crippen molar-refractivity contribution in [2.75, 3.05) is 13.2 Å². The number of nitrogens with one attached hydrogen (secondary N) is 1. The van der Waals surface area contributed by atoms with Crippen molar-refractivity contribution in [2.24, 2.45) is 5.73 Å². The molecule has 1 amide bonds. The monoisotopic (exact) mass is 242 g/mol. The standard InChI is InChI=1S/C13H26N2O2/c14-13(7-3-4-8-13)11-12(17)15-9-5-1-2-6-10-16/h16H,1-11,14H2,(H,15,17). The number of rotatable bonds is 8. The van der Waals surface area contributed by atoms with Crippen molar-refractivity contribution in [2.45, 2.75) is 63.3 Å². The van der Waals surface area contributed by atoms with E-state index in [1.807, 2.05) is 0 Å². The van der Waals surface area contributed by atoms with Crippen LogP contribution >= 0.6 is 0 Å². The first kappa shape index (κ1) is 14.5. The fourth-order valence-electron chi connectivity index (χ4n) is 2.46. The Morgan fingerprint density at radius 1 is 1.18 bits per heavy atom. The first-order chi connectivity index (χ1) is 8.16. The normalized spacial score (nSPS) is 18.2. The van der Waals surface area contributed by atoms with Crippen molar-refractivity contribution < 1.29 is 9.90 Å². The number of aliphatic hydroxyl groups is 1. The van der Waals surface area contributed by atoms with Gasteiger partial charge in [-0.15, -0.1) is 0 Å². The number of hydrogen-bond acceptors (Lipinski definition) is 3. The number of hydrogen-bond donors (Lipinski definition) is 3. The van der Waals surface area contributed by atoms with Crippen LogP contribution in [0.1, 0.15) is 57.8 Å². The van der Waals surface area contributed by atoms with Crippen LogP contribution in [-0.4, -0.2) is 29.7 Å². The Hall–Kier alpha value is -0.610. The van der Waals surface area contributed by atoms with Crippen LogP contribution in [0, 0.1) is 0 Å². The number of nitrogens with two attached hydrogens (primary N) is 1. The van der Waals surface area contributed by atoms with Crippen molar-refractivity contribution >= 4 is 5.91 Å². The molecule has 0 aromatic rings. The quantitative estimate of drug-likeness (QED) is 0.562. The molecule has 100 valence electrons. The smallest absolute Gasteiger partial charge is 0.221 e. The molecule has 0 radical (unpaired) electrons. The molecule has 0 saturated heterocycles. The summed E-state index contributed by atoms with van der Waals surface area (Å²) in [6.07, 6.45) is 8.71. The summed E-state index contributed by atoms with van der Waals surface area (Å²) in [5.41, 5.74) is 5.91. The number of aliphatic hydroxyl groups excluding tert-OH is 1. The van der Waals surface area contributed by atoms with Gasteiger partial charge >= 0.3 is 0 Å². The van der Waals surface area contributed by atoms with Gasteiger partial charge in [0, 0.05) is 25.1 Å². The van der Waals surface area contributed by atoms with Gasteiger partial charge in [-0.2, -0.15) is 0 Å². The Morgan fingerprint density at radius 3 is 2.47 bits per heavy atom. The molecule has 0 aliphatic heterocycles. The molecule has 0 aromatic carbocycles. The van der Waals surface area contributed by atoms with E-state index in [0.717, 1.165) is 57.9 Å². The van der Waals surface area contributed by atoms with Gasteiger partial charge in [-0.25, -0.2) is 0 Å². The number of unbranched alkanes of at least 4 members (excludes halogenated alkanes) is 3. The lowest BCUT2D eigenvalue weighted by Crippen LogP contribution is -2.42. The molecule has 4 heteroatoms. The predicted molar refractivity (Wildman–Crippen MR) is 68.6 cm³/mol. The van der Waals surface area contributed by atoms with Crippen LogP contribution < -0.4 is 11.1 Å². The van der Waals surface area contributed by atoms with Crippen molar-refractivity contribution in [1.82, 2.24) is 5.32 Å². The lowest BCUT2D eigenvalue weighted by molar-refractivity contribution is -0.122. The molecule has 4 nitrogen and oxygen atoms in total. The molecule has 1 fully saturated rings. The summed E-state index contributed by atoms with van der Waals surface area (Å²) in [5, 5.41) is 11.5. The summed E-state index contributed by atoms with van der Waals surface area (Å²) in [4.78, 5) is 11.7. The van der Waals surface area contributed by atoms with E-state index in [1.54, 1.807) is 0 Å². The molecule has 0 unspecified atom stereocenters. The second kappa shape index (κ2) is 7.67. The molecular weight excluding hydrogens is 216 g/mol. The first-order valence-electron chi connectivity index (χ1n) is 6.83. The largest absolute Gasteiger partial charge is 0.396 e. The molecule has 4 N–H and O–H groups in total. The molecule has 17 heavy (non-hydrogen) atoms. The summed E-state index contributed by atoms with van der Waals surface area (Å²) < 4.78 is 0. The third kappa shape index (κ3) is 6.03. The zero-order valence-electron chi connectivity index (χ0n) is 10.7. The SMILES string of the molecule is NC1(CC(=O)NCCCCCCO)CCCC1. The third-order valence-electron chi connectivity index (χ3n) is 3.52. The fraction of sp³-hybridized carbons (Fsp3) is 0.923. The molecule has 0 heterocycles. The molecule has 0 atom stereocenters. The molecule has 1 aliphatic rings. The molecule has 1 saturated carbocycles. The number of carbonyl (C=O) groups is 1. The highest BCUT2D eigenvalue weighted by atomic mass is 16.2. The molecular formula is C13H26N2O2. The van der Waals surface area contributed by atoms with Crippen molar-refractivity contribution in [3.8, 4) is 0 Å². The topological polar surface area (TPSA) is 75.4 Å². The summed E-state index contributed by atoms with van der Waals surface area (Å²) in [6.45, 7) is 1.00.